The Bertz CT molecular complexity index is 548. The van der Waals surface area contributed by atoms with E-state index in [2.05, 4.69) is 22.5 Å². The Morgan fingerprint density at radius 3 is 1.32 bits per heavy atom. The zero-order chi connectivity index (χ0) is 27.6. The van der Waals surface area contributed by atoms with Crippen LogP contribution in [0, 0.1) is 5.41 Å². The SMILES string of the molecule is CCCCCCCCCCCCCCCCCCNC(=O)OCC(C)(C)COC(=O)NCCCN(C)C.Cl. The predicted molar refractivity (Wildman–Crippen MR) is 162 cm³/mol. The van der Waals surface area contributed by atoms with Gasteiger partial charge >= 0.3 is 12.2 Å². The van der Waals surface area contributed by atoms with Crippen LogP contribution in [0.25, 0.3) is 0 Å². The highest BCUT2D eigenvalue weighted by Crippen LogP contribution is 2.16. The first-order chi connectivity index (χ1) is 17.8. The molecule has 0 aromatic rings. The lowest BCUT2D eigenvalue weighted by Crippen LogP contribution is -2.35. The van der Waals surface area contributed by atoms with E-state index < -0.39 is 17.6 Å². The van der Waals surface area contributed by atoms with Crippen LogP contribution in [0.5, 0.6) is 0 Å². The van der Waals surface area contributed by atoms with E-state index in [0.29, 0.717) is 13.1 Å². The normalized spacial score (nSPS) is 11.2. The number of rotatable bonds is 25. The van der Waals surface area contributed by atoms with Crippen molar-refractivity contribution >= 4 is 24.6 Å². The van der Waals surface area contributed by atoms with E-state index in [4.69, 9.17) is 9.47 Å². The number of alkyl carbamates (subject to hydrolysis) is 2. The summed E-state index contributed by atoms with van der Waals surface area (Å²) in [6.45, 7) is 8.63. The van der Waals surface area contributed by atoms with Gasteiger partial charge in [-0.3, -0.25) is 0 Å². The van der Waals surface area contributed by atoms with Crippen molar-refractivity contribution in [1.82, 2.24) is 15.5 Å². The van der Waals surface area contributed by atoms with E-state index in [1.54, 1.807) is 0 Å². The summed E-state index contributed by atoms with van der Waals surface area (Å²) >= 11 is 0. The van der Waals surface area contributed by atoms with Gasteiger partial charge < -0.3 is 25.0 Å². The van der Waals surface area contributed by atoms with Gasteiger partial charge in [-0.15, -0.1) is 12.4 Å². The first kappa shape index (κ1) is 38.9. The van der Waals surface area contributed by atoms with Gasteiger partial charge in [-0.2, -0.15) is 0 Å². The molecule has 0 aromatic heterocycles. The van der Waals surface area contributed by atoms with E-state index in [9.17, 15) is 9.59 Å². The number of hydrogen-bond donors (Lipinski definition) is 2. The molecule has 0 bridgehead atoms. The van der Waals surface area contributed by atoms with E-state index in [1.165, 1.54) is 89.9 Å². The lowest BCUT2D eigenvalue weighted by Gasteiger charge is -2.23. The van der Waals surface area contributed by atoms with Gasteiger partial charge in [0.05, 0.1) is 0 Å². The molecule has 0 heterocycles. The van der Waals surface area contributed by atoms with Crippen molar-refractivity contribution in [3.8, 4) is 0 Å². The molecule has 0 saturated carbocycles. The molecule has 2 N–H and O–H groups in total. The van der Waals surface area contributed by atoms with Gasteiger partial charge in [0, 0.05) is 18.5 Å². The first-order valence-corrected chi connectivity index (χ1v) is 15.2. The zero-order valence-electron chi connectivity index (χ0n) is 25.5. The molecule has 0 aliphatic heterocycles. The van der Waals surface area contributed by atoms with Gasteiger partial charge in [0.1, 0.15) is 13.2 Å². The van der Waals surface area contributed by atoms with E-state index >= 15 is 0 Å². The Kier molecular flexibility index (Phi) is 28.0. The minimum absolute atomic E-state index is 0. The van der Waals surface area contributed by atoms with Crippen molar-refractivity contribution in [1.29, 1.82) is 0 Å². The van der Waals surface area contributed by atoms with Crippen LogP contribution in [-0.2, 0) is 9.47 Å². The number of carbonyl (C=O) groups excluding carboxylic acids is 2. The van der Waals surface area contributed by atoms with E-state index in [-0.39, 0.29) is 25.6 Å². The van der Waals surface area contributed by atoms with Gasteiger partial charge in [-0.1, -0.05) is 117 Å². The van der Waals surface area contributed by atoms with E-state index in [0.717, 1.165) is 25.8 Å². The molecular formula is C30H62ClN3O4. The Hall–Kier alpha value is -1.21. The van der Waals surface area contributed by atoms with Crippen LogP contribution in [0.15, 0.2) is 0 Å². The number of nitrogens with zero attached hydrogens (tertiary/aromatic N) is 1. The molecule has 228 valence electrons. The first-order valence-electron chi connectivity index (χ1n) is 15.2. The van der Waals surface area contributed by atoms with Crippen LogP contribution in [0.4, 0.5) is 9.59 Å². The molecule has 0 aliphatic carbocycles. The smallest absolute Gasteiger partial charge is 0.407 e. The maximum Gasteiger partial charge on any atom is 0.407 e. The van der Waals surface area contributed by atoms with Crippen LogP contribution in [0.1, 0.15) is 130 Å². The molecule has 0 spiro atoms. The molecule has 0 aliphatic rings. The maximum atomic E-state index is 12.0. The quantitative estimate of drug-likeness (QED) is 0.110. The number of carbonyl (C=O) groups is 2. The summed E-state index contributed by atoms with van der Waals surface area (Å²) in [6, 6.07) is 0. The monoisotopic (exact) mass is 563 g/mol. The molecule has 0 radical (unpaired) electrons. The van der Waals surface area contributed by atoms with Crippen molar-refractivity contribution in [2.24, 2.45) is 5.41 Å². The van der Waals surface area contributed by atoms with Crippen molar-refractivity contribution in [3.63, 3.8) is 0 Å². The summed E-state index contributed by atoms with van der Waals surface area (Å²) in [5.41, 5.74) is -0.438. The molecule has 0 fully saturated rings. The molecule has 38 heavy (non-hydrogen) atoms. The van der Waals surface area contributed by atoms with Crippen LogP contribution in [0.3, 0.4) is 0 Å². The Labute approximate surface area is 241 Å². The number of halogens is 1. The fourth-order valence-electron chi connectivity index (χ4n) is 4.11. The molecule has 8 heteroatoms. The summed E-state index contributed by atoms with van der Waals surface area (Å²) in [6.07, 6.45) is 21.4. The van der Waals surface area contributed by atoms with Crippen molar-refractivity contribution in [3.05, 3.63) is 0 Å². The number of ether oxygens (including phenoxy) is 2. The number of nitrogens with one attached hydrogen (secondary N) is 2. The minimum Gasteiger partial charge on any atom is -0.449 e. The molecule has 7 nitrogen and oxygen atoms in total. The summed E-state index contributed by atoms with van der Waals surface area (Å²) in [5, 5.41) is 5.57. The molecule has 0 rings (SSSR count). The van der Waals surface area contributed by atoms with Gasteiger partial charge in [0.15, 0.2) is 0 Å². The molecule has 2 amide bonds. The number of amides is 2. The third-order valence-corrected chi connectivity index (χ3v) is 6.54. The van der Waals surface area contributed by atoms with Gasteiger partial charge in [-0.25, -0.2) is 9.59 Å². The van der Waals surface area contributed by atoms with Crippen LogP contribution in [0.2, 0.25) is 0 Å². The Balaban J connectivity index is 0. The molecular weight excluding hydrogens is 502 g/mol. The fourth-order valence-corrected chi connectivity index (χ4v) is 4.11. The highest BCUT2D eigenvalue weighted by Gasteiger charge is 2.22. The standard InChI is InChI=1S/C30H61N3O4.ClH/c1-6-7-8-9-10-11-12-13-14-15-16-17-18-19-20-21-23-31-28(34)36-26-30(2,3)27-37-29(35)32-24-22-25-33(4)5;/h6-27H2,1-5H3,(H,31,34)(H,32,35);1H. The average molecular weight is 564 g/mol. The Morgan fingerprint density at radius 2 is 0.947 bits per heavy atom. The number of hydrogen-bond acceptors (Lipinski definition) is 5. The van der Waals surface area contributed by atoms with Crippen LogP contribution >= 0.6 is 12.4 Å². The minimum atomic E-state index is -0.438. The van der Waals surface area contributed by atoms with Gasteiger partial charge in [0.25, 0.3) is 0 Å². The third-order valence-electron chi connectivity index (χ3n) is 6.54. The fraction of sp³-hybridized carbons (Fsp3) is 0.933. The average Bonchev–Trinajstić information content (AvgIpc) is 2.86. The Morgan fingerprint density at radius 1 is 0.605 bits per heavy atom. The van der Waals surface area contributed by atoms with Crippen LogP contribution < -0.4 is 10.6 Å². The largest absolute Gasteiger partial charge is 0.449 e. The van der Waals surface area contributed by atoms with Gasteiger partial charge in [0.2, 0.25) is 0 Å². The molecule has 0 saturated heterocycles. The number of unbranched alkanes of at least 4 members (excludes halogenated alkanes) is 15. The van der Waals surface area contributed by atoms with Crippen molar-refractivity contribution < 1.29 is 19.1 Å². The van der Waals surface area contributed by atoms with Crippen molar-refractivity contribution in [2.45, 2.75) is 130 Å². The van der Waals surface area contributed by atoms with E-state index in [1.807, 2.05) is 27.9 Å². The van der Waals surface area contributed by atoms with Crippen molar-refractivity contribution in [2.75, 3.05) is 46.9 Å². The lowest BCUT2D eigenvalue weighted by molar-refractivity contribution is 0.0466. The topological polar surface area (TPSA) is 79.9 Å². The summed E-state index contributed by atoms with van der Waals surface area (Å²) in [7, 11) is 4.00. The maximum absolute atomic E-state index is 12.0. The second kappa shape index (κ2) is 27.4. The highest BCUT2D eigenvalue weighted by molar-refractivity contribution is 5.85. The summed E-state index contributed by atoms with van der Waals surface area (Å²) in [5.74, 6) is 0. The van der Waals surface area contributed by atoms with Gasteiger partial charge in [-0.05, 0) is 33.5 Å². The highest BCUT2D eigenvalue weighted by atomic mass is 35.5. The second-order valence-electron chi connectivity index (χ2n) is 11.6. The second-order valence-corrected chi connectivity index (χ2v) is 11.6. The predicted octanol–water partition coefficient (Wildman–Crippen LogP) is 8.10. The molecule has 0 aromatic carbocycles. The molecule has 0 unspecified atom stereocenters. The lowest BCUT2D eigenvalue weighted by atomic mass is 9.96. The third kappa shape index (κ3) is 29.3. The van der Waals surface area contributed by atoms with Crippen LogP contribution in [-0.4, -0.2) is 64.0 Å². The molecule has 0 atom stereocenters. The summed E-state index contributed by atoms with van der Waals surface area (Å²) < 4.78 is 10.6. The summed E-state index contributed by atoms with van der Waals surface area (Å²) in [4.78, 5) is 25.8. The zero-order valence-corrected chi connectivity index (χ0v) is 26.4.